The highest BCUT2D eigenvalue weighted by Gasteiger charge is 2.37. The Morgan fingerprint density at radius 3 is 2.26 bits per heavy atom. The predicted octanol–water partition coefficient (Wildman–Crippen LogP) is 6.11. The molecular formula is C26H33ClF3N5OS2. The van der Waals surface area contributed by atoms with Gasteiger partial charge in [-0.25, -0.2) is 4.79 Å². The molecule has 0 radical (unpaired) electrons. The van der Waals surface area contributed by atoms with E-state index < -0.39 is 17.4 Å². The second kappa shape index (κ2) is 13.4. The molecule has 2 aliphatic rings. The monoisotopic (exact) mass is 587 g/mol. The number of nitrogens with zero attached hydrogens (tertiary/aromatic N) is 5. The molecule has 0 spiro atoms. The smallest absolute Gasteiger partial charge is 0.353 e. The number of thioether (sulfide) groups is 1. The highest BCUT2D eigenvalue weighted by atomic mass is 35.5. The van der Waals surface area contributed by atoms with Crippen molar-refractivity contribution in [3.8, 4) is 0 Å². The highest BCUT2D eigenvalue weighted by molar-refractivity contribution is 7.99. The number of rotatable bonds is 1. The minimum Gasteiger partial charge on any atom is -0.353 e. The van der Waals surface area contributed by atoms with Crippen molar-refractivity contribution in [2.24, 2.45) is 0 Å². The van der Waals surface area contributed by atoms with E-state index in [1.54, 1.807) is 12.4 Å². The van der Waals surface area contributed by atoms with Gasteiger partial charge in [-0.15, -0.1) is 11.8 Å². The summed E-state index contributed by atoms with van der Waals surface area (Å²) in [5, 5.41) is 0.0111. The first-order valence-corrected chi connectivity index (χ1v) is 14.4. The summed E-state index contributed by atoms with van der Waals surface area (Å²) in [7, 11) is 2.02. The summed E-state index contributed by atoms with van der Waals surface area (Å²) < 4.78 is 42.7. The van der Waals surface area contributed by atoms with Crippen LogP contribution in [-0.2, 0) is 12.7 Å². The molecule has 2 unspecified atom stereocenters. The molecule has 3 aromatic rings. The molecule has 2 aromatic heterocycles. The summed E-state index contributed by atoms with van der Waals surface area (Å²) in [5.41, 5.74) is -0.842. The lowest BCUT2D eigenvalue weighted by molar-refractivity contribution is -0.137. The fourth-order valence-corrected chi connectivity index (χ4v) is 5.93. The van der Waals surface area contributed by atoms with E-state index in [0.29, 0.717) is 53.4 Å². The van der Waals surface area contributed by atoms with Gasteiger partial charge in [0.1, 0.15) is 5.82 Å². The van der Waals surface area contributed by atoms with E-state index in [1.807, 2.05) is 37.1 Å². The standard InChI is InChI=1S/C19H22ClF3N4OS.C5H5N.C2H6S/c1-10-8-26(9-11(2)25(10)3)17-12-7-13(19(21,22)23)14(20)16-15(12)27(18(28)24-17)5-4-6-29-16;1-2-4-6-5-3-1;1-2-3/h7,10-11H,4-6,8-9H2,1-3H3;1-5H;3H,2H2,1H3. The summed E-state index contributed by atoms with van der Waals surface area (Å²) in [6.45, 7) is 7.68. The average molecular weight is 588 g/mol. The number of pyridine rings is 1. The number of aryl methyl sites for hydroxylation is 1. The maximum absolute atomic E-state index is 13.7. The summed E-state index contributed by atoms with van der Waals surface area (Å²) in [5.74, 6) is 1.86. The summed E-state index contributed by atoms with van der Waals surface area (Å²) in [6, 6.07) is 7.14. The van der Waals surface area contributed by atoms with E-state index in [2.05, 4.69) is 41.3 Å². The number of hydrogen-bond acceptors (Lipinski definition) is 7. The second-order valence-electron chi connectivity index (χ2n) is 9.14. The molecular weight excluding hydrogens is 555 g/mol. The molecule has 0 saturated carbocycles. The highest BCUT2D eigenvalue weighted by Crippen LogP contribution is 2.46. The van der Waals surface area contributed by atoms with E-state index in [9.17, 15) is 18.0 Å². The molecule has 12 heteroatoms. The van der Waals surface area contributed by atoms with Crippen molar-refractivity contribution < 1.29 is 13.2 Å². The zero-order chi connectivity index (χ0) is 28.0. The van der Waals surface area contributed by atoms with Crippen LogP contribution in [0.2, 0.25) is 5.02 Å². The van der Waals surface area contributed by atoms with Crippen LogP contribution in [0.25, 0.3) is 10.9 Å². The van der Waals surface area contributed by atoms with Gasteiger partial charge in [0.25, 0.3) is 0 Å². The number of halogens is 4. The van der Waals surface area contributed by atoms with Gasteiger partial charge in [0.2, 0.25) is 0 Å². The molecule has 2 atom stereocenters. The Balaban J connectivity index is 0.000000380. The van der Waals surface area contributed by atoms with Gasteiger partial charge in [0.15, 0.2) is 0 Å². The van der Waals surface area contributed by atoms with Crippen LogP contribution >= 0.6 is 36.0 Å². The van der Waals surface area contributed by atoms with Crippen LogP contribution in [0.1, 0.15) is 32.8 Å². The fourth-order valence-electron chi connectivity index (χ4n) is 4.44. The summed E-state index contributed by atoms with van der Waals surface area (Å²) in [6.07, 6.45) is -0.425. The van der Waals surface area contributed by atoms with E-state index >= 15 is 0 Å². The minimum atomic E-state index is -4.59. The van der Waals surface area contributed by atoms with Crippen molar-refractivity contribution in [3.05, 3.63) is 57.7 Å². The lowest BCUT2D eigenvalue weighted by atomic mass is 10.1. The van der Waals surface area contributed by atoms with E-state index in [-0.39, 0.29) is 17.1 Å². The first-order chi connectivity index (χ1) is 18.0. The van der Waals surface area contributed by atoms with Gasteiger partial charge in [0.05, 0.1) is 21.0 Å². The van der Waals surface area contributed by atoms with E-state index in [0.717, 1.165) is 11.8 Å². The second-order valence-corrected chi connectivity index (χ2v) is 11.3. The molecule has 1 saturated heterocycles. The molecule has 4 heterocycles. The number of anilines is 1. The first-order valence-electron chi connectivity index (χ1n) is 12.4. The topological polar surface area (TPSA) is 54.3 Å². The number of likely N-dealkylation sites (N-methyl/N-ethyl adjacent to an activating group) is 1. The Hall–Kier alpha value is -1.95. The van der Waals surface area contributed by atoms with Crippen LogP contribution in [0.5, 0.6) is 0 Å². The maximum Gasteiger partial charge on any atom is 0.417 e. The third-order valence-corrected chi connectivity index (χ3v) is 8.13. The van der Waals surface area contributed by atoms with Crippen molar-refractivity contribution in [2.75, 3.05) is 36.5 Å². The van der Waals surface area contributed by atoms with Gasteiger partial charge in [-0.3, -0.25) is 14.5 Å². The van der Waals surface area contributed by atoms with Gasteiger partial charge in [0, 0.05) is 49.5 Å². The van der Waals surface area contributed by atoms with E-state index in [1.165, 1.54) is 16.3 Å². The Bertz CT molecular complexity index is 1240. The minimum absolute atomic E-state index is 0.178. The zero-order valence-electron chi connectivity index (χ0n) is 21.9. The number of hydrogen-bond donors (Lipinski definition) is 1. The van der Waals surface area contributed by atoms with Crippen LogP contribution in [0.15, 0.2) is 46.3 Å². The Morgan fingerprint density at radius 1 is 1.16 bits per heavy atom. The molecule has 38 heavy (non-hydrogen) atoms. The lowest BCUT2D eigenvalue weighted by Crippen LogP contribution is -2.55. The molecule has 0 aliphatic carbocycles. The maximum atomic E-state index is 13.7. The number of thiol groups is 1. The van der Waals surface area contributed by atoms with Gasteiger partial charge >= 0.3 is 11.9 Å². The van der Waals surface area contributed by atoms with Crippen molar-refractivity contribution in [3.63, 3.8) is 0 Å². The predicted molar refractivity (Wildman–Crippen MR) is 154 cm³/mol. The molecule has 2 aliphatic heterocycles. The average Bonchev–Trinajstić information content (AvgIpc) is 3.11. The number of alkyl halides is 3. The molecule has 1 aromatic carbocycles. The Labute approximate surface area is 236 Å². The van der Waals surface area contributed by atoms with Crippen LogP contribution < -0.4 is 10.6 Å². The Kier molecular flexibility index (Phi) is 10.8. The normalized spacial score (nSPS) is 19.7. The van der Waals surface area contributed by atoms with Gasteiger partial charge in [-0.05, 0) is 57.0 Å². The van der Waals surface area contributed by atoms with Gasteiger partial charge in [-0.2, -0.15) is 30.8 Å². The van der Waals surface area contributed by atoms with Gasteiger partial charge < -0.3 is 4.90 Å². The zero-order valence-corrected chi connectivity index (χ0v) is 24.3. The number of aromatic nitrogens is 3. The fraction of sp³-hybridized carbons (Fsp3) is 0.500. The van der Waals surface area contributed by atoms with Crippen LogP contribution in [0, 0.1) is 0 Å². The van der Waals surface area contributed by atoms with Crippen molar-refractivity contribution >= 4 is 52.7 Å². The van der Waals surface area contributed by atoms with Crippen molar-refractivity contribution in [2.45, 2.75) is 56.9 Å². The number of benzene rings is 1. The molecule has 1 fully saturated rings. The molecule has 0 bridgehead atoms. The van der Waals surface area contributed by atoms with Crippen LogP contribution in [0.3, 0.4) is 0 Å². The number of piperazine rings is 1. The Morgan fingerprint density at radius 2 is 1.76 bits per heavy atom. The molecule has 208 valence electrons. The molecule has 5 rings (SSSR count). The quantitative estimate of drug-likeness (QED) is 0.347. The first kappa shape index (κ1) is 30.6. The van der Waals surface area contributed by atoms with Crippen molar-refractivity contribution in [1.29, 1.82) is 0 Å². The van der Waals surface area contributed by atoms with Gasteiger partial charge in [-0.1, -0.05) is 24.6 Å². The third kappa shape index (κ3) is 6.97. The molecule has 0 amide bonds. The molecule has 0 N–H and O–H groups in total. The van der Waals surface area contributed by atoms with Crippen LogP contribution in [-0.4, -0.2) is 63.2 Å². The lowest BCUT2D eigenvalue weighted by Gasteiger charge is -2.43. The largest absolute Gasteiger partial charge is 0.417 e. The van der Waals surface area contributed by atoms with E-state index in [4.69, 9.17) is 11.6 Å². The third-order valence-electron chi connectivity index (χ3n) is 6.44. The summed E-state index contributed by atoms with van der Waals surface area (Å²) in [4.78, 5) is 25.3. The summed E-state index contributed by atoms with van der Waals surface area (Å²) >= 11 is 11.3. The van der Waals surface area contributed by atoms with Crippen molar-refractivity contribution in [1.82, 2.24) is 19.4 Å². The molecule has 6 nitrogen and oxygen atoms in total. The van der Waals surface area contributed by atoms with Crippen LogP contribution in [0.4, 0.5) is 19.0 Å². The SMILES string of the molecule is CC1CN(c2nc(=O)n3c4c(c(Cl)c(C(F)(F)F)cc24)SCCC3)CC(C)N1C.CCS.c1ccncc1.